The lowest BCUT2D eigenvalue weighted by Gasteiger charge is -2.08. The lowest BCUT2D eigenvalue weighted by atomic mass is 10.2. The second kappa shape index (κ2) is 6.90. The molecule has 0 aromatic carbocycles. The van der Waals surface area contributed by atoms with Crippen LogP contribution in [0.4, 0.5) is 0 Å². The molecule has 0 saturated heterocycles. The van der Waals surface area contributed by atoms with Crippen molar-refractivity contribution in [1.29, 1.82) is 0 Å². The van der Waals surface area contributed by atoms with Gasteiger partial charge in [-0.2, -0.15) is 16.9 Å². The molecule has 1 aromatic heterocycles. The minimum atomic E-state index is 0.405. The summed E-state index contributed by atoms with van der Waals surface area (Å²) in [6, 6.07) is 0.405. The predicted molar refractivity (Wildman–Crippen MR) is 67.3 cm³/mol. The number of nitrogens with zero attached hydrogens (tertiary/aromatic N) is 2. The van der Waals surface area contributed by atoms with Gasteiger partial charge in [-0.05, 0) is 19.2 Å². The van der Waals surface area contributed by atoms with E-state index in [9.17, 15) is 0 Å². The van der Waals surface area contributed by atoms with Crippen molar-refractivity contribution in [1.82, 2.24) is 15.1 Å². The van der Waals surface area contributed by atoms with Gasteiger partial charge in [0.1, 0.15) is 0 Å². The first kappa shape index (κ1) is 12.6. The van der Waals surface area contributed by atoms with Crippen molar-refractivity contribution in [2.24, 2.45) is 0 Å². The van der Waals surface area contributed by atoms with Crippen molar-refractivity contribution in [3.05, 3.63) is 18.0 Å². The molecule has 86 valence electrons. The third-order valence-electron chi connectivity index (χ3n) is 2.33. The molecule has 1 N–H and O–H groups in total. The number of thioether (sulfide) groups is 1. The molecule has 1 unspecified atom stereocenters. The summed E-state index contributed by atoms with van der Waals surface area (Å²) in [4.78, 5) is 0. The quantitative estimate of drug-likeness (QED) is 0.725. The van der Waals surface area contributed by atoms with Gasteiger partial charge >= 0.3 is 0 Å². The highest BCUT2D eigenvalue weighted by Crippen LogP contribution is 2.10. The molecule has 0 radical (unpaired) electrons. The number of rotatable bonds is 7. The summed E-state index contributed by atoms with van der Waals surface area (Å²) in [6.07, 6.45) is 4.10. The highest BCUT2D eigenvalue weighted by atomic mass is 32.2. The minimum absolute atomic E-state index is 0.405. The van der Waals surface area contributed by atoms with Crippen LogP contribution < -0.4 is 5.32 Å². The van der Waals surface area contributed by atoms with Gasteiger partial charge in [0.05, 0.1) is 6.20 Å². The van der Waals surface area contributed by atoms with E-state index in [1.807, 2.05) is 22.6 Å². The van der Waals surface area contributed by atoms with Crippen LogP contribution in [0.2, 0.25) is 0 Å². The van der Waals surface area contributed by atoms with Gasteiger partial charge in [-0.1, -0.05) is 13.8 Å². The van der Waals surface area contributed by atoms with Crippen molar-refractivity contribution in [3.63, 3.8) is 0 Å². The third-order valence-corrected chi connectivity index (χ3v) is 3.21. The Hall–Kier alpha value is -0.480. The Morgan fingerprint density at radius 2 is 2.33 bits per heavy atom. The molecule has 0 fully saturated rings. The van der Waals surface area contributed by atoms with Crippen molar-refractivity contribution < 1.29 is 0 Å². The number of nitrogens with one attached hydrogen (secondary N) is 1. The van der Waals surface area contributed by atoms with E-state index in [1.54, 1.807) is 0 Å². The Morgan fingerprint density at radius 1 is 1.53 bits per heavy atom. The van der Waals surface area contributed by atoms with E-state index in [0.29, 0.717) is 6.04 Å². The van der Waals surface area contributed by atoms with Crippen LogP contribution in [-0.2, 0) is 6.54 Å². The highest BCUT2D eigenvalue weighted by molar-refractivity contribution is 7.99. The van der Waals surface area contributed by atoms with Crippen LogP contribution >= 0.6 is 11.8 Å². The van der Waals surface area contributed by atoms with Gasteiger partial charge in [0.2, 0.25) is 0 Å². The van der Waals surface area contributed by atoms with E-state index in [4.69, 9.17) is 0 Å². The summed E-state index contributed by atoms with van der Waals surface area (Å²) in [7, 11) is 0. The van der Waals surface area contributed by atoms with E-state index in [0.717, 1.165) is 18.8 Å². The molecule has 15 heavy (non-hydrogen) atoms. The fourth-order valence-electron chi connectivity index (χ4n) is 1.45. The zero-order valence-electron chi connectivity index (χ0n) is 9.86. The lowest BCUT2D eigenvalue weighted by molar-refractivity contribution is 0.595. The molecule has 0 bridgehead atoms. The average molecular weight is 227 g/mol. The summed E-state index contributed by atoms with van der Waals surface area (Å²) in [6.45, 7) is 8.49. The fraction of sp³-hybridized carbons (Fsp3) is 0.727. The molecule has 0 aliphatic rings. The van der Waals surface area contributed by atoms with E-state index in [-0.39, 0.29) is 0 Å². The molecule has 1 rings (SSSR count). The van der Waals surface area contributed by atoms with Gasteiger partial charge in [0.25, 0.3) is 0 Å². The van der Waals surface area contributed by atoms with Gasteiger partial charge in [-0.25, -0.2) is 0 Å². The summed E-state index contributed by atoms with van der Waals surface area (Å²) in [5, 5.41) is 7.74. The molecule has 0 aliphatic heterocycles. The van der Waals surface area contributed by atoms with Crippen LogP contribution in [0.15, 0.2) is 12.4 Å². The Morgan fingerprint density at radius 3 is 3.00 bits per heavy atom. The van der Waals surface area contributed by atoms with E-state index < -0.39 is 0 Å². The molecule has 0 spiro atoms. The summed E-state index contributed by atoms with van der Waals surface area (Å²) in [5.41, 5.74) is 1.28. The van der Waals surface area contributed by atoms with Crippen LogP contribution in [0.25, 0.3) is 0 Å². The Balaban J connectivity index is 2.41. The van der Waals surface area contributed by atoms with Crippen LogP contribution in [-0.4, -0.2) is 27.8 Å². The smallest absolute Gasteiger partial charge is 0.0537 e. The van der Waals surface area contributed by atoms with Gasteiger partial charge in [0, 0.05) is 30.1 Å². The zero-order valence-corrected chi connectivity index (χ0v) is 10.7. The first-order chi connectivity index (χ1) is 7.27. The van der Waals surface area contributed by atoms with Crippen molar-refractivity contribution >= 4 is 11.8 Å². The average Bonchev–Trinajstić information content (AvgIpc) is 2.67. The Kier molecular flexibility index (Phi) is 5.79. The summed E-state index contributed by atoms with van der Waals surface area (Å²) >= 11 is 1.95. The maximum atomic E-state index is 4.35. The Bertz CT molecular complexity index is 273. The number of aryl methyl sites for hydroxylation is 1. The summed E-state index contributed by atoms with van der Waals surface area (Å²) < 4.78 is 2.03. The number of hydrogen-bond acceptors (Lipinski definition) is 3. The maximum Gasteiger partial charge on any atom is 0.0537 e. The van der Waals surface area contributed by atoms with Crippen molar-refractivity contribution in [2.75, 3.05) is 18.1 Å². The molecular formula is C11H21N3S. The van der Waals surface area contributed by atoms with Gasteiger partial charge in [-0.3, -0.25) is 4.68 Å². The fourth-order valence-corrected chi connectivity index (χ4v) is 2.06. The molecule has 3 nitrogen and oxygen atoms in total. The van der Waals surface area contributed by atoms with E-state index in [1.165, 1.54) is 11.3 Å². The second-order valence-corrected chi connectivity index (χ2v) is 4.91. The first-order valence-electron chi connectivity index (χ1n) is 5.61. The topological polar surface area (TPSA) is 29.9 Å². The molecule has 0 saturated carbocycles. The first-order valence-corrected chi connectivity index (χ1v) is 6.76. The van der Waals surface area contributed by atoms with E-state index >= 15 is 0 Å². The van der Waals surface area contributed by atoms with Crippen molar-refractivity contribution in [2.45, 2.75) is 33.4 Å². The zero-order chi connectivity index (χ0) is 11.1. The SMILES string of the molecule is CCNC(C)c1cnn(CCSCC)c1. The van der Waals surface area contributed by atoms with Crippen LogP contribution in [0.3, 0.4) is 0 Å². The third kappa shape index (κ3) is 4.26. The van der Waals surface area contributed by atoms with Crippen LogP contribution in [0.5, 0.6) is 0 Å². The lowest BCUT2D eigenvalue weighted by Crippen LogP contribution is -2.17. The van der Waals surface area contributed by atoms with E-state index in [2.05, 4.69) is 37.4 Å². The molecule has 1 heterocycles. The number of aromatic nitrogens is 2. The van der Waals surface area contributed by atoms with Gasteiger partial charge in [-0.15, -0.1) is 0 Å². The predicted octanol–water partition coefficient (Wildman–Crippen LogP) is 2.31. The molecule has 1 aromatic rings. The minimum Gasteiger partial charge on any atom is -0.310 e. The molecule has 0 amide bonds. The van der Waals surface area contributed by atoms with Crippen LogP contribution in [0, 0.1) is 0 Å². The number of hydrogen-bond donors (Lipinski definition) is 1. The highest BCUT2D eigenvalue weighted by Gasteiger charge is 2.05. The molecule has 1 atom stereocenters. The largest absolute Gasteiger partial charge is 0.310 e. The van der Waals surface area contributed by atoms with Gasteiger partial charge in [0.15, 0.2) is 0 Å². The standard InChI is InChI=1S/C11H21N3S/c1-4-12-10(3)11-8-13-14(9-11)6-7-15-5-2/h8-10,12H,4-7H2,1-3H3. The second-order valence-electron chi connectivity index (χ2n) is 3.51. The van der Waals surface area contributed by atoms with Gasteiger partial charge < -0.3 is 5.32 Å². The molecule has 4 heteroatoms. The summed E-state index contributed by atoms with van der Waals surface area (Å²) in [5.74, 6) is 2.33. The van der Waals surface area contributed by atoms with Crippen LogP contribution in [0.1, 0.15) is 32.4 Å². The maximum absolute atomic E-state index is 4.35. The Labute approximate surface area is 96.6 Å². The molecule has 0 aliphatic carbocycles. The monoisotopic (exact) mass is 227 g/mol. The molecular weight excluding hydrogens is 206 g/mol. The van der Waals surface area contributed by atoms with Crippen molar-refractivity contribution in [3.8, 4) is 0 Å². The normalized spacial score (nSPS) is 13.0.